The van der Waals surface area contributed by atoms with Crippen LogP contribution in [0.2, 0.25) is 0 Å². The van der Waals surface area contributed by atoms with Crippen LogP contribution in [-0.2, 0) is 0 Å². The summed E-state index contributed by atoms with van der Waals surface area (Å²) in [6.45, 7) is 2.43. The maximum Gasteiger partial charge on any atom is 0.111 e. The Labute approximate surface area is 96.2 Å². The van der Waals surface area contributed by atoms with Crippen LogP contribution < -0.4 is 4.90 Å². The van der Waals surface area contributed by atoms with Crippen LogP contribution in [0.1, 0.15) is 24.8 Å². The number of rotatable bonds is 0. The molecule has 3 aliphatic rings. The third kappa shape index (κ3) is 0.809. The monoisotopic (exact) mass is 212 g/mol. The van der Waals surface area contributed by atoms with Gasteiger partial charge in [0.15, 0.2) is 0 Å². The van der Waals surface area contributed by atoms with Crippen LogP contribution in [-0.4, -0.2) is 18.1 Å². The van der Waals surface area contributed by atoms with Crippen molar-refractivity contribution in [3.8, 4) is 0 Å². The van der Waals surface area contributed by atoms with Crippen LogP contribution in [0.4, 0.5) is 5.69 Å². The minimum atomic E-state index is 0.451. The predicted molar refractivity (Wildman–Crippen MR) is 65.1 cm³/mol. The highest BCUT2D eigenvalue weighted by Crippen LogP contribution is 2.68. The molecule has 2 heterocycles. The van der Waals surface area contributed by atoms with Gasteiger partial charge in [-0.05, 0) is 24.0 Å². The lowest BCUT2D eigenvalue weighted by Crippen LogP contribution is -2.46. The van der Waals surface area contributed by atoms with Gasteiger partial charge in [-0.2, -0.15) is 0 Å². The Kier molecular flexibility index (Phi) is 1.33. The zero-order valence-electron chi connectivity index (χ0n) is 9.72. The van der Waals surface area contributed by atoms with Gasteiger partial charge in [0.25, 0.3) is 0 Å². The number of anilines is 1. The quantitative estimate of drug-likeness (QED) is 0.652. The third-order valence-electron chi connectivity index (χ3n) is 4.57. The fourth-order valence-corrected chi connectivity index (χ4v) is 3.68. The van der Waals surface area contributed by atoms with Crippen LogP contribution in [0.5, 0.6) is 0 Å². The van der Waals surface area contributed by atoms with E-state index in [-0.39, 0.29) is 0 Å². The van der Waals surface area contributed by atoms with E-state index in [0.717, 1.165) is 5.92 Å². The van der Waals surface area contributed by atoms with E-state index in [0.29, 0.717) is 11.6 Å². The van der Waals surface area contributed by atoms with E-state index >= 15 is 0 Å². The van der Waals surface area contributed by atoms with Gasteiger partial charge in [-0.15, -0.1) is 0 Å². The molecule has 0 radical (unpaired) electrons. The number of fused-ring (bicyclic) bond motifs is 6. The first-order valence-corrected chi connectivity index (χ1v) is 5.99. The fraction of sp³-hybridized carbons (Fsp3) is 0.429. The number of benzene rings is 1. The fourth-order valence-electron chi connectivity index (χ4n) is 3.68. The van der Waals surface area contributed by atoms with Crippen LogP contribution in [0.3, 0.4) is 0 Å². The average molecular weight is 212 g/mol. The minimum absolute atomic E-state index is 0.451. The molecule has 1 aromatic rings. The molecule has 2 heteroatoms. The van der Waals surface area contributed by atoms with Gasteiger partial charge in [-0.25, -0.2) is 0 Å². The second kappa shape index (κ2) is 2.45. The van der Waals surface area contributed by atoms with Crippen LogP contribution in [0.25, 0.3) is 0 Å². The Morgan fingerprint density at radius 1 is 1.25 bits per heavy atom. The Morgan fingerprint density at radius 2 is 2.06 bits per heavy atom. The summed E-state index contributed by atoms with van der Waals surface area (Å²) in [6.07, 6.45) is 6.29. The molecule has 1 saturated carbocycles. The summed E-state index contributed by atoms with van der Waals surface area (Å²) < 4.78 is 0. The van der Waals surface area contributed by atoms with Gasteiger partial charge in [0, 0.05) is 30.5 Å². The van der Waals surface area contributed by atoms with E-state index in [2.05, 4.69) is 60.4 Å². The molecule has 4 rings (SSSR count). The maximum atomic E-state index is 2.44. The number of nitrogens with zero attached hydrogens (tertiary/aromatic N) is 2. The highest BCUT2D eigenvalue weighted by atomic mass is 15.4. The summed E-state index contributed by atoms with van der Waals surface area (Å²) in [5.74, 6) is 0.771. The lowest BCUT2D eigenvalue weighted by molar-refractivity contribution is 0.239. The topological polar surface area (TPSA) is 6.48 Å². The molecule has 1 fully saturated rings. The lowest BCUT2D eigenvalue weighted by atomic mass is 9.91. The van der Waals surface area contributed by atoms with Crippen LogP contribution >= 0.6 is 0 Å². The van der Waals surface area contributed by atoms with Crippen molar-refractivity contribution >= 4 is 5.69 Å². The van der Waals surface area contributed by atoms with Gasteiger partial charge in [0.2, 0.25) is 0 Å². The molecular formula is C14H16N2. The molecule has 0 saturated heterocycles. The van der Waals surface area contributed by atoms with Gasteiger partial charge in [-0.1, -0.05) is 25.1 Å². The minimum Gasteiger partial charge on any atom is -0.358 e. The molecule has 3 atom stereocenters. The molecule has 82 valence electrons. The van der Waals surface area contributed by atoms with E-state index < -0.39 is 0 Å². The average Bonchev–Trinajstić information content (AvgIpc) is 2.83. The molecule has 0 bridgehead atoms. The van der Waals surface area contributed by atoms with E-state index in [1.807, 2.05) is 0 Å². The summed E-state index contributed by atoms with van der Waals surface area (Å²) in [5, 5.41) is 0. The van der Waals surface area contributed by atoms with Crippen molar-refractivity contribution in [3.05, 3.63) is 42.2 Å². The molecule has 0 amide bonds. The molecule has 0 aromatic heterocycles. The Hall–Kier alpha value is -1.44. The standard InChI is InChI=1S/C14H16N2/c1-14-9-11(14)10-5-3-4-6-12(10)16-8-7-15(2)13(14)16/h3-8,11,13H,9H2,1-2H3. The van der Waals surface area contributed by atoms with Crippen molar-refractivity contribution in [1.82, 2.24) is 4.90 Å². The zero-order valence-corrected chi connectivity index (χ0v) is 9.72. The van der Waals surface area contributed by atoms with E-state index in [4.69, 9.17) is 0 Å². The van der Waals surface area contributed by atoms with Gasteiger partial charge < -0.3 is 9.80 Å². The molecule has 3 unspecified atom stereocenters. The molecule has 0 N–H and O–H groups in total. The second-order valence-corrected chi connectivity index (χ2v) is 5.57. The molecule has 2 nitrogen and oxygen atoms in total. The van der Waals surface area contributed by atoms with Crippen LogP contribution in [0, 0.1) is 5.41 Å². The van der Waals surface area contributed by atoms with Gasteiger partial charge in [0.05, 0.1) is 0 Å². The van der Waals surface area contributed by atoms with Gasteiger partial charge in [-0.3, -0.25) is 0 Å². The van der Waals surface area contributed by atoms with E-state index in [9.17, 15) is 0 Å². The molecule has 1 aliphatic carbocycles. The van der Waals surface area contributed by atoms with E-state index in [1.54, 1.807) is 5.56 Å². The predicted octanol–water partition coefficient (Wildman–Crippen LogP) is 2.74. The third-order valence-corrected chi connectivity index (χ3v) is 4.57. The van der Waals surface area contributed by atoms with Crippen molar-refractivity contribution < 1.29 is 0 Å². The van der Waals surface area contributed by atoms with Crippen LogP contribution in [0.15, 0.2) is 36.7 Å². The molecule has 2 aliphatic heterocycles. The maximum absolute atomic E-state index is 2.44. The Balaban J connectivity index is 1.94. The first-order chi connectivity index (χ1) is 7.72. The van der Waals surface area contributed by atoms with Crippen molar-refractivity contribution in [1.29, 1.82) is 0 Å². The first-order valence-electron chi connectivity index (χ1n) is 5.99. The van der Waals surface area contributed by atoms with Gasteiger partial charge >= 0.3 is 0 Å². The SMILES string of the molecule is CN1C=CN2c3ccccc3C3CC3(C)C12. The normalized spacial score (nSPS) is 38.1. The Morgan fingerprint density at radius 3 is 2.94 bits per heavy atom. The molecule has 16 heavy (non-hydrogen) atoms. The Bertz CT molecular complexity index is 493. The largest absolute Gasteiger partial charge is 0.358 e. The van der Waals surface area contributed by atoms with Crippen molar-refractivity contribution in [2.24, 2.45) is 5.41 Å². The summed E-state index contributed by atoms with van der Waals surface area (Å²) in [5.41, 5.74) is 3.40. The lowest BCUT2D eigenvalue weighted by Gasteiger charge is -2.40. The highest BCUT2D eigenvalue weighted by Gasteiger charge is 2.63. The first kappa shape index (κ1) is 8.68. The molecular weight excluding hydrogens is 196 g/mol. The summed E-state index contributed by atoms with van der Waals surface area (Å²) in [7, 11) is 2.19. The summed E-state index contributed by atoms with van der Waals surface area (Å²) in [6, 6.07) is 8.87. The number of hydrogen-bond acceptors (Lipinski definition) is 2. The highest BCUT2D eigenvalue weighted by molar-refractivity contribution is 5.65. The van der Waals surface area contributed by atoms with Crippen molar-refractivity contribution in [2.45, 2.75) is 25.4 Å². The van der Waals surface area contributed by atoms with Gasteiger partial charge in [0.1, 0.15) is 6.17 Å². The van der Waals surface area contributed by atoms with E-state index in [1.165, 1.54) is 12.1 Å². The summed E-state index contributed by atoms with van der Waals surface area (Å²) in [4.78, 5) is 4.80. The molecule has 0 spiro atoms. The molecule has 1 aromatic carbocycles. The van der Waals surface area contributed by atoms with Crippen molar-refractivity contribution in [2.75, 3.05) is 11.9 Å². The number of hydrogen-bond donors (Lipinski definition) is 0. The summed E-state index contributed by atoms with van der Waals surface area (Å²) >= 11 is 0. The zero-order chi connectivity index (χ0) is 10.9. The van der Waals surface area contributed by atoms with Crippen molar-refractivity contribution in [3.63, 3.8) is 0 Å². The number of para-hydroxylation sites is 1. The second-order valence-electron chi connectivity index (χ2n) is 5.57. The smallest absolute Gasteiger partial charge is 0.111 e.